The van der Waals surface area contributed by atoms with Crippen molar-refractivity contribution in [3.05, 3.63) is 58.7 Å². The fourth-order valence-electron chi connectivity index (χ4n) is 7.72. The van der Waals surface area contributed by atoms with Crippen LogP contribution in [0.4, 0.5) is 0 Å². The van der Waals surface area contributed by atoms with Crippen LogP contribution in [0.1, 0.15) is 87.1 Å². The summed E-state index contributed by atoms with van der Waals surface area (Å²) in [7, 11) is 0. The van der Waals surface area contributed by atoms with Crippen LogP contribution in [0.5, 0.6) is 0 Å². The summed E-state index contributed by atoms with van der Waals surface area (Å²) in [6.07, 6.45) is 10.5. The molecule has 0 unspecified atom stereocenters. The summed E-state index contributed by atoms with van der Waals surface area (Å²) in [5.41, 5.74) is 3.53. The Kier molecular flexibility index (Phi) is 5.73. The Labute approximate surface area is 196 Å². The summed E-state index contributed by atoms with van der Waals surface area (Å²) in [6, 6.07) is 8.11. The lowest BCUT2D eigenvalue weighted by molar-refractivity contribution is -0.120. The van der Waals surface area contributed by atoms with Crippen molar-refractivity contribution >= 4 is 11.6 Å². The number of aliphatic hydroxyl groups excluding tert-OH is 1. The van der Waals surface area contributed by atoms with Crippen LogP contribution in [0.3, 0.4) is 0 Å². The van der Waals surface area contributed by atoms with Crippen LogP contribution in [0.25, 0.3) is 0 Å². The molecule has 0 spiro atoms. The van der Waals surface area contributed by atoms with Gasteiger partial charge in [-0.1, -0.05) is 54.5 Å². The molecule has 6 atom stereocenters. The molecule has 4 nitrogen and oxygen atoms in total. The molecule has 0 saturated heterocycles. The maximum absolute atomic E-state index is 12.2. The molecule has 33 heavy (non-hydrogen) atoms. The predicted octanol–water partition coefficient (Wildman–Crippen LogP) is 5.15. The average Bonchev–Trinajstić information content (AvgIpc) is 3.07. The average molecular weight is 449 g/mol. The summed E-state index contributed by atoms with van der Waals surface area (Å²) in [6.45, 7) is 3.93. The van der Waals surface area contributed by atoms with Gasteiger partial charge in [-0.15, -0.1) is 0 Å². The number of hydrogen-bond donors (Lipinski definition) is 2. The third-order valence-corrected chi connectivity index (χ3v) is 9.48. The highest BCUT2D eigenvalue weighted by molar-refractivity contribution is 5.94. The number of ketones is 2. The van der Waals surface area contributed by atoms with Crippen molar-refractivity contribution < 1.29 is 19.8 Å². The van der Waals surface area contributed by atoms with E-state index in [2.05, 4.69) is 31.2 Å². The molecule has 0 bridgehead atoms. The van der Waals surface area contributed by atoms with Crippen LogP contribution in [0.2, 0.25) is 0 Å². The zero-order chi connectivity index (χ0) is 23.4. The molecule has 0 amide bonds. The van der Waals surface area contributed by atoms with Gasteiger partial charge >= 0.3 is 0 Å². The molecular weight excluding hydrogens is 412 g/mol. The van der Waals surface area contributed by atoms with E-state index in [1.807, 2.05) is 12.1 Å². The van der Waals surface area contributed by atoms with E-state index >= 15 is 0 Å². The van der Waals surface area contributed by atoms with E-state index in [0.29, 0.717) is 55.6 Å². The first kappa shape index (κ1) is 22.7. The molecule has 0 aromatic heterocycles. The van der Waals surface area contributed by atoms with Crippen LogP contribution in [0.15, 0.2) is 47.6 Å². The Bertz CT molecular complexity index is 1020. The van der Waals surface area contributed by atoms with Crippen LogP contribution in [-0.4, -0.2) is 34.0 Å². The quantitative estimate of drug-likeness (QED) is 0.483. The fraction of sp³-hybridized carbons (Fsp3) is 0.586. The molecule has 2 saturated carbocycles. The maximum Gasteiger partial charge on any atom is 0.159 e. The lowest BCUT2D eigenvalue weighted by atomic mass is 9.48. The molecule has 5 rings (SSSR count). The van der Waals surface area contributed by atoms with Gasteiger partial charge in [0.25, 0.3) is 0 Å². The number of hydrogen-bond acceptors (Lipinski definition) is 4. The number of aliphatic hydroxyl groups is 2. The van der Waals surface area contributed by atoms with Gasteiger partial charge in [-0.25, -0.2) is 0 Å². The van der Waals surface area contributed by atoms with Crippen molar-refractivity contribution in [2.45, 2.75) is 76.7 Å². The van der Waals surface area contributed by atoms with E-state index < -0.39 is 5.60 Å². The van der Waals surface area contributed by atoms with E-state index in [1.165, 1.54) is 16.7 Å². The smallest absolute Gasteiger partial charge is 0.159 e. The summed E-state index contributed by atoms with van der Waals surface area (Å²) < 4.78 is 0. The normalized spacial score (nSPS) is 37.5. The molecule has 176 valence electrons. The van der Waals surface area contributed by atoms with E-state index in [0.717, 1.165) is 24.8 Å². The maximum atomic E-state index is 12.2. The zero-order valence-corrected chi connectivity index (χ0v) is 19.8. The molecule has 0 radical (unpaired) electrons. The number of allylic oxidation sites excluding steroid dienone is 2. The van der Waals surface area contributed by atoms with Crippen molar-refractivity contribution in [3.8, 4) is 0 Å². The minimum Gasteiger partial charge on any atom is -0.396 e. The lowest BCUT2D eigenvalue weighted by Gasteiger charge is -2.57. The van der Waals surface area contributed by atoms with Gasteiger partial charge in [0.2, 0.25) is 0 Å². The topological polar surface area (TPSA) is 74.6 Å². The second-order valence-electron chi connectivity index (χ2n) is 11.1. The van der Waals surface area contributed by atoms with E-state index in [1.54, 1.807) is 6.92 Å². The second kappa shape index (κ2) is 8.32. The molecule has 4 aliphatic carbocycles. The SMILES string of the molecule is CC(=O)c1ccc([C@H]2C[C@@]3(C)C(=CC[C@@]3(O)CCCO)[C@@H]3CC=C4CC(=O)CC[C@@H]4[C@@H]23)cc1. The summed E-state index contributed by atoms with van der Waals surface area (Å²) in [5, 5.41) is 21.3. The van der Waals surface area contributed by atoms with Crippen molar-refractivity contribution in [3.63, 3.8) is 0 Å². The highest BCUT2D eigenvalue weighted by Crippen LogP contribution is 2.66. The molecule has 2 N–H and O–H groups in total. The first-order valence-electron chi connectivity index (χ1n) is 12.6. The highest BCUT2D eigenvalue weighted by Gasteiger charge is 2.60. The van der Waals surface area contributed by atoms with Crippen LogP contribution >= 0.6 is 0 Å². The van der Waals surface area contributed by atoms with Crippen LogP contribution < -0.4 is 0 Å². The van der Waals surface area contributed by atoms with Gasteiger partial charge in [0.15, 0.2) is 5.78 Å². The van der Waals surface area contributed by atoms with Crippen molar-refractivity contribution in [2.24, 2.45) is 23.2 Å². The Morgan fingerprint density at radius 1 is 1.12 bits per heavy atom. The Balaban J connectivity index is 1.58. The van der Waals surface area contributed by atoms with E-state index in [-0.39, 0.29) is 23.7 Å². The van der Waals surface area contributed by atoms with Gasteiger partial charge in [-0.2, -0.15) is 0 Å². The standard InChI is InChI=1S/C29H36O4/c1-18(31)19-4-6-20(7-5-19)25-17-28(2)26(12-14-29(28,33)13-3-15-30)24-10-8-21-16-22(32)9-11-23(21)27(24)25/h4-8,12,23-25,27,30,33H,3,9-11,13-17H2,1-2H3/t23-,24-,25+,27+,28-,29-/m0/s1. The number of Topliss-reactive ketones (excluding diaryl/α,β-unsaturated/α-hetero) is 2. The van der Waals surface area contributed by atoms with E-state index in [4.69, 9.17) is 0 Å². The predicted molar refractivity (Wildman–Crippen MR) is 128 cm³/mol. The highest BCUT2D eigenvalue weighted by atomic mass is 16.3. The lowest BCUT2D eigenvalue weighted by Crippen LogP contribution is -2.52. The second-order valence-corrected chi connectivity index (χ2v) is 11.1. The molecule has 1 aromatic carbocycles. The van der Waals surface area contributed by atoms with Gasteiger partial charge in [0.1, 0.15) is 5.78 Å². The van der Waals surface area contributed by atoms with E-state index in [9.17, 15) is 19.8 Å². The van der Waals surface area contributed by atoms with Gasteiger partial charge in [-0.3, -0.25) is 9.59 Å². The van der Waals surface area contributed by atoms with Crippen molar-refractivity contribution in [2.75, 3.05) is 6.61 Å². The van der Waals surface area contributed by atoms with Gasteiger partial charge in [0, 0.05) is 30.4 Å². The number of fused-ring (bicyclic) bond motifs is 5. The Morgan fingerprint density at radius 2 is 1.88 bits per heavy atom. The summed E-state index contributed by atoms with van der Waals surface area (Å²) >= 11 is 0. The molecular formula is C29H36O4. The first-order chi connectivity index (χ1) is 15.8. The van der Waals surface area contributed by atoms with Crippen molar-refractivity contribution in [1.29, 1.82) is 0 Å². The van der Waals surface area contributed by atoms with Gasteiger partial charge in [0.05, 0.1) is 5.60 Å². The Morgan fingerprint density at radius 3 is 2.58 bits per heavy atom. The molecule has 4 heteroatoms. The third kappa shape index (κ3) is 3.57. The minimum absolute atomic E-state index is 0.0723. The number of benzene rings is 1. The first-order valence-corrected chi connectivity index (χ1v) is 12.6. The third-order valence-electron chi connectivity index (χ3n) is 9.48. The number of carbonyl (C=O) groups excluding carboxylic acids is 2. The molecule has 1 aromatic rings. The largest absolute Gasteiger partial charge is 0.396 e. The number of carbonyl (C=O) groups is 2. The number of rotatable bonds is 5. The fourth-order valence-corrected chi connectivity index (χ4v) is 7.72. The van der Waals surface area contributed by atoms with Crippen molar-refractivity contribution in [1.82, 2.24) is 0 Å². The summed E-state index contributed by atoms with van der Waals surface area (Å²) in [4.78, 5) is 24.1. The molecule has 0 heterocycles. The van der Waals surface area contributed by atoms with Crippen LogP contribution in [-0.2, 0) is 4.79 Å². The minimum atomic E-state index is -0.833. The van der Waals surface area contributed by atoms with Crippen LogP contribution in [0, 0.1) is 23.2 Å². The Hall–Kier alpha value is -2.04. The summed E-state index contributed by atoms with van der Waals surface area (Å²) in [5.74, 6) is 1.89. The monoisotopic (exact) mass is 448 g/mol. The molecule has 4 aliphatic rings. The molecule has 2 fully saturated rings. The van der Waals surface area contributed by atoms with Gasteiger partial charge in [-0.05, 0) is 74.7 Å². The zero-order valence-electron chi connectivity index (χ0n) is 19.8. The van der Waals surface area contributed by atoms with Gasteiger partial charge < -0.3 is 10.2 Å². The molecule has 0 aliphatic heterocycles.